The largest absolute Gasteiger partial charge is 0.395 e. The van der Waals surface area contributed by atoms with Gasteiger partial charge in [-0.15, -0.1) is 11.3 Å². The Morgan fingerprint density at radius 3 is 2.57 bits per heavy atom. The van der Waals surface area contributed by atoms with Crippen LogP contribution in [0.3, 0.4) is 0 Å². The number of carbonyl (C=O) groups is 1. The Hall–Kier alpha value is -2.39. The predicted molar refractivity (Wildman–Crippen MR) is 179 cm³/mol. The second-order valence-electron chi connectivity index (χ2n) is 13.8. The van der Waals surface area contributed by atoms with Gasteiger partial charge in [-0.1, -0.05) is 48.9 Å². The van der Waals surface area contributed by atoms with E-state index < -0.39 is 17.1 Å². The van der Waals surface area contributed by atoms with Crippen molar-refractivity contribution >= 4 is 27.2 Å². The topological polar surface area (TPSA) is 84.2 Å². The Morgan fingerprint density at radius 2 is 1.80 bits per heavy atom. The molecule has 6 nitrogen and oxygen atoms in total. The standard InChI is InChI=1S/C37H48N2O4S/c1-26-6-5-14-36(2)32(13-15-37(36,43)25-39-18-16-38(17-19-39)20-21-40)30-12-10-27(22-29(41)11-9-26)23-31(30)35(42)34-24-28-7-3-4-8-33(28)44-34/h3-4,6-8,10,12,23-24,29,32,40-41,43H,5,9,11,13-22,25H2,1-2H3. The van der Waals surface area contributed by atoms with Gasteiger partial charge in [0, 0.05) is 54.9 Å². The molecular formula is C37H48N2O4S. The van der Waals surface area contributed by atoms with Crippen LogP contribution in [0.1, 0.15) is 84.7 Å². The van der Waals surface area contributed by atoms with Crippen molar-refractivity contribution in [1.29, 1.82) is 0 Å². The maximum absolute atomic E-state index is 14.4. The zero-order valence-corrected chi connectivity index (χ0v) is 27.1. The van der Waals surface area contributed by atoms with Gasteiger partial charge in [-0.05, 0) is 92.5 Å². The number of β-amino-alcohol motifs (C(OH)–C–C–N with tert-alkyl or cyclic N) is 2. The number of carbonyl (C=O) groups excluding carboxylic acids is 1. The van der Waals surface area contributed by atoms with Gasteiger partial charge in [-0.2, -0.15) is 0 Å². The molecular weight excluding hydrogens is 568 g/mol. The van der Waals surface area contributed by atoms with Crippen LogP contribution in [0.5, 0.6) is 0 Å². The van der Waals surface area contributed by atoms with Crippen LogP contribution in [-0.2, 0) is 6.42 Å². The molecule has 0 spiro atoms. The summed E-state index contributed by atoms with van der Waals surface area (Å²) in [5.41, 5.74) is 2.73. The first-order valence-electron chi connectivity index (χ1n) is 16.5. The highest BCUT2D eigenvalue weighted by Gasteiger charge is 2.57. The first kappa shape index (κ1) is 31.6. The summed E-state index contributed by atoms with van der Waals surface area (Å²) >= 11 is 1.54. The van der Waals surface area contributed by atoms with Crippen LogP contribution in [0.4, 0.5) is 0 Å². The number of ketones is 1. The van der Waals surface area contributed by atoms with Crippen molar-refractivity contribution in [2.75, 3.05) is 45.9 Å². The van der Waals surface area contributed by atoms with Crippen LogP contribution in [0.25, 0.3) is 10.1 Å². The molecule has 2 aromatic carbocycles. The Bertz CT molecular complexity index is 1480. The predicted octanol–water partition coefficient (Wildman–Crippen LogP) is 5.78. The van der Waals surface area contributed by atoms with Crippen molar-refractivity contribution in [1.82, 2.24) is 9.80 Å². The van der Waals surface area contributed by atoms with Crippen LogP contribution in [0.2, 0.25) is 0 Å². The fraction of sp³-hybridized carbons (Fsp3) is 0.541. The van der Waals surface area contributed by atoms with E-state index in [1.807, 2.05) is 24.3 Å². The Labute approximate surface area is 266 Å². The average Bonchev–Trinajstić information content (AvgIpc) is 3.55. The molecule has 1 aliphatic heterocycles. The SMILES string of the molecule is CC1=CCCC2(C)C(CCC2(O)CN2CCN(CCO)CC2)c2ccc(cc2C(=O)c2cc3ccccc3s2)CC(O)CC1. The Kier molecular flexibility index (Phi) is 9.44. The zero-order chi connectivity index (χ0) is 30.9. The van der Waals surface area contributed by atoms with Crippen molar-refractivity contribution in [3.05, 3.63) is 81.7 Å². The lowest BCUT2D eigenvalue weighted by Gasteiger charge is -2.47. The van der Waals surface area contributed by atoms with E-state index in [0.29, 0.717) is 32.4 Å². The molecule has 2 bridgehead atoms. The highest BCUT2D eigenvalue weighted by Crippen LogP contribution is 2.59. The van der Waals surface area contributed by atoms with E-state index in [1.165, 1.54) is 5.57 Å². The summed E-state index contributed by atoms with van der Waals surface area (Å²) in [4.78, 5) is 19.8. The number of hydrogen-bond donors (Lipinski definition) is 3. The fourth-order valence-electron chi connectivity index (χ4n) is 8.11. The number of aliphatic hydroxyl groups excluding tert-OH is 2. The number of piperazine rings is 1. The van der Waals surface area contributed by atoms with Crippen molar-refractivity contribution < 1.29 is 20.1 Å². The summed E-state index contributed by atoms with van der Waals surface area (Å²) in [5.74, 6) is 0.0743. The van der Waals surface area contributed by atoms with E-state index in [9.17, 15) is 20.1 Å². The normalized spacial score (nSPS) is 29.0. The van der Waals surface area contributed by atoms with E-state index in [4.69, 9.17) is 0 Å². The molecule has 7 heteroatoms. The molecule has 0 radical (unpaired) electrons. The van der Waals surface area contributed by atoms with Gasteiger partial charge in [0.05, 0.1) is 23.2 Å². The molecule has 3 aliphatic carbocycles. The van der Waals surface area contributed by atoms with Gasteiger partial charge in [0.1, 0.15) is 0 Å². The van der Waals surface area contributed by atoms with Crippen molar-refractivity contribution in [3.63, 3.8) is 0 Å². The second kappa shape index (κ2) is 13.1. The van der Waals surface area contributed by atoms with Crippen LogP contribution in [0.15, 0.2) is 60.2 Å². The number of thiophene rings is 1. The van der Waals surface area contributed by atoms with Crippen LogP contribution >= 0.6 is 11.3 Å². The maximum Gasteiger partial charge on any atom is 0.203 e. The number of allylic oxidation sites excluding steroid dienone is 2. The molecule has 1 aromatic heterocycles. The maximum atomic E-state index is 14.4. The molecule has 3 aromatic rings. The first-order valence-corrected chi connectivity index (χ1v) is 17.3. The van der Waals surface area contributed by atoms with Crippen LogP contribution in [0, 0.1) is 5.41 Å². The highest BCUT2D eigenvalue weighted by atomic mass is 32.1. The number of benzene rings is 2. The van der Waals surface area contributed by atoms with Crippen molar-refractivity contribution in [2.24, 2.45) is 5.41 Å². The number of rotatable bonds is 6. The zero-order valence-electron chi connectivity index (χ0n) is 26.3. The van der Waals surface area contributed by atoms with Gasteiger partial charge < -0.3 is 15.3 Å². The van der Waals surface area contributed by atoms with E-state index >= 15 is 0 Å². The van der Waals surface area contributed by atoms with Gasteiger partial charge >= 0.3 is 0 Å². The number of aliphatic hydroxyl groups is 3. The number of hydrogen-bond acceptors (Lipinski definition) is 7. The first-order chi connectivity index (χ1) is 21.2. The van der Waals surface area contributed by atoms with Gasteiger partial charge in [0.2, 0.25) is 5.78 Å². The lowest BCUT2D eigenvalue weighted by molar-refractivity contribution is -0.0888. The lowest BCUT2D eigenvalue weighted by atomic mass is 9.64. The summed E-state index contributed by atoms with van der Waals surface area (Å²) in [6.07, 6.45) is 7.12. The van der Waals surface area contributed by atoms with Gasteiger partial charge in [0.15, 0.2) is 0 Å². The van der Waals surface area contributed by atoms with E-state index in [2.05, 4.69) is 54.0 Å². The summed E-state index contributed by atoms with van der Waals surface area (Å²) in [5, 5.41) is 34.0. The third-order valence-corrected chi connectivity index (χ3v) is 12.0. The van der Waals surface area contributed by atoms with Gasteiger partial charge in [-0.3, -0.25) is 14.6 Å². The molecule has 0 amide bonds. The molecule has 4 unspecified atom stereocenters. The Morgan fingerprint density at radius 1 is 1.02 bits per heavy atom. The van der Waals surface area contributed by atoms with Crippen LogP contribution < -0.4 is 0 Å². The molecule has 1 saturated carbocycles. The molecule has 4 atom stereocenters. The van der Waals surface area contributed by atoms with Gasteiger partial charge in [-0.25, -0.2) is 0 Å². The smallest absolute Gasteiger partial charge is 0.203 e. The monoisotopic (exact) mass is 616 g/mol. The Balaban J connectivity index is 1.39. The molecule has 7 rings (SSSR count). The lowest BCUT2D eigenvalue weighted by Crippen LogP contribution is -2.56. The average molecular weight is 617 g/mol. The summed E-state index contributed by atoms with van der Waals surface area (Å²) in [7, 11) is 0. The third kappa shape index (κ3) is 6.33. The number of nitrogens with zero attached hydrogens (tertiary/aromatic N) is 2. The van der Waals surface area contributed by atoms with E-state index in [-0.39, 0.29) is 18.3 Å². The number of fused-ring (bicyclic) bond motifs is 9. The van der Waals surface area contributed by atoms with Gasteiger partial charge in [0.25, 0.3) is 0 Å². The summed E-state index contributed by atoms with van der Waals surface area (Å²) in [6.45, 7) is 9.50. The molecule has 4 aliphatic rings. The highest BCUT2D eigenvalue weighted by molar-refractivity contribution is 7.21. The fourth-order valence-corrected chi connectivity index (χ4v) is 9.12. The minimum atomic E-state index is -0.886. The van der Waals surface area contributed by atoms with E-state index in [0.717, 1.165) is 83.5 Å². The third-order valence-electron chi connectivity index (χ3n) is 10.9. The molecule has 3 N–H and O–H groups in total. The quantitative estimate of drug-likeness (QED) is 0.241. The van der Waals surface area contributed by atoms with Crippen molar-refractivity contribution in [3.8, 4) is 0 Å². The molecule has 1 saturated heterocycles. The van der Waals surface area contributed by atoms with Crippen LogP contribution in [-0.4, -0.2) is 88.5 Å². The molecule has 2 heterocycles. The molecule has 236 valence electrons. The minimum Gasteiger partial charge on any atom is -0.395 e. The summed E-state index contributed by atoms with van der Waals surface area (Å²) in [6, 6.07) is 16.4. The molecule has 44 heavy (non-hydrogen) atoms. The second-order valence-corrected chi connectivity index (χ2v) is 14.9. The summed E-state index contributed by atoms with van der Waals surface area (Å²) < 4.78 is 1.10. The van der Waals surface area contributed by atoms with E-state index in [1.54, 1.807) is 11.3 Å². The minimum absolute atomic E-state index is 0.0344. The van der Waals surface area contributed by atoms with Crippen molar-refractivity contribution in [2.45, 2.75) is 76.4 Å². The molecule has 2 fully saturated rings.